The van der Waals surface area contributed by atoms with Crippen molar-refractivity contribution in [2.24, 2.45) is 5.92 Å². The molecule has 4 rings (SSSR count). The molecule has 2 aromatic heterocycles. The second-order valence-corrected chi connectivity index (χ2v) is 7.89. The van der Waals surface area contributed by atoms with Gasteiger partial charge in [0.15, 0.2) is 0 Å². The second kappa shape index (κ2) is 9.03. The Morgan fingerprint density at radius 1 is 1.13 bits per heavy atom. The van der Waals surface area contributed by atoms with Crippen molar-refractivity contribution in [3.8, 4) is 11.6 Å². The second-order valence-electron chi connectivity index (χ2n) is 7.89. The molecule has 0 unspecified atom stereocenters. The maximum atomic E-state index is 13.0. The molecule has 1 saturated heterocycles. The minimum absolute atomic E-state index is 0.108. The minimum Gasteiger partial charge on any atom is -0.477 e. The van der Waals surface area contributed by atoms with Gasteiger partial charge in [-0.25, -0.2) is 14.6 Å². The number of para-hydroxylation sites is 1. The smallest absolute Gasteiger partial charge is 0.259 e. The lowest BCUT2D eigenvalue weighted by molar-refractivity contribution is 0.0747. The van der Waals surface area contributed by atoms with Crippen LogP contribution in [0.5, 0.6) is 5.88 Å². The molecular weight excluding hydrogens is 394 g/mol. The molecule has 3 heterocycles. The van der Waals surface area contributed by atoms with Gasteiger partial charge in [0.2, 0.25) is 5.88 Å². The first-order valence-corrected chi connectivity index (χ1v) is 10.4. The molecule has 1 aliphatic heterocycles. The maximum Gasteiger partial charge on any atom is 0.259 e. The van der Waals surface area contributed by atoms with Gasteiger partial charge in [-0.15, -0.1) is 0 Å². The van der Waals surface area contributed by atoms with E-state index in [0.717, 1.165) is 11.5 Å². The predicted molar refractivity (Wildman–Crippen MR) is 118 cm³/mol. The van der Waals surface area contributed by atoms with E-state index in [1.807, 2.05) is 36.4 Å². The Morgan fingerprint density at radius 3 is 2.58 bits per heavy atom. The molecule has 0 spiro atoms. The number of anilines is 2. The van der Waals surface area contributed by atoms with Crippen molar-refractivity contribution in [1.82, 2.24) is 24.6 Å². The average molecular weight is 422 g/mol. The van der Waals surface area contributed by atoms with Crippen LogP contribution in [-0.2, 0) is 0 Å². The molecule has 0 aliphatic carbocycles. The van der Waals surface area contributed by atoms with Crippen molar-refractivity contribution in [2.45, 2.75) is 13.8 Å². The standard InChI is InChI=1S/C22H27N7O2/c1-16(2)14-31-20-12-19(24-15-25-20)27-8-10-28(11-9-27)22(30)18-13-26-29(21(18)23)17-6-4-3-5-7-17/h3-7,12-13,15-16H,8-11,14,23H2,1-2H3. The number of rotatable bonds is 6. The Hall–Kier alpha value is -3.62. The van der Waals surface area contributed by atoms with Crippen LogP contribution < -0.4 is 15.4 Å². The van der Waals surface area contributed by atoms with E-state index in [1.54, 1.807) is 15.8 Å². The highest BCUT2D eigenvalue weighted by atomic mass is 16.5. The molecule has 1 fully saturated rings. The van der Waals surface area contributed by atoms with Crippen molar-refractivity contribution in [2.75, 3.05) is 43.4 Å². The third-order valence-electron chi connectivity index (χ3n) is 5.12. The summed E-state index contributed by atoms with van der Waals surface area (Å²) in [4.78, 5) is 25.5. The van der Waals surface area contributed by atoms with Crippen LogP contribution in [0.1, 0.15) is 24.2 Å². The van der Waals surface area contributed by atoms with Gasteiger partial charge in [0.25, 0.3) is 5.91 Å². The summed E-state index contributed by atoms with van der Waals surface area (Å²) in [6, 6.07) is 11.4. The molecule has 3 aromatic rings. The van der Waals surface area contributed by atoms with Crippen molar-refractivity contribution in [3.63, 3.8) is 0 Å². The molecule has 31 heavy (non-hydrogen) atoms. The minimum atomic E-state index is -0.108. The number of aromatic nitrogens is 4. The topological polar surface area (TPSA) is 102 Å². The molecular formula is C22H27N7O2. The number of carbonyl (C=O) groups is 1. The van der Waals surface area contributed by atoms with E-state index in [1.165, 1.54) is 6.33 Å². The molecule has 9 heteroatoms. The van der Waals surface area contributed by atoms with Crippen LogP contribution in [0.3, 0.4) is 0 Å². The van der Waals surface area contributed by atoms with Crippen LogP contribution in [0.2, 0.25) is 0 Å². The summed E-state index contributed by atoms with van der Waals surface area (Å²) in [6.45, 7) is 7.26. The molecule has 1 aromatic carbocycles. The maximum absolute atomic E-state index is 13.0. The highest BCUT2D eigenvalue weighted by molar-refractivity contribution is 5.98. The van der Waals surface area contributed by atoms with Crippen molar-refractivity contribution in [1.29, 1.82) is 0 Å². The van der Waals surface area contributed by atoms with Gasteiger partial charge in [-0.3, -0.25) is 4.79 Å². The number of nitrogens with two attached hydrogens (primary N) is 1. The number of hydrogen-bond acceptors (Lipinski definition) is 7. The summed E-state index contributed by atoms with van der Waals surface area (Å²) < 4.78 is 7.29. The molecule has 0 bridgehead atoms. The van der Waals surface area contributed by atoms with Gasteiger partial charge in [-0.05, 0) is 18.1 Å². The first-order valence-electron chi connectivity index (χ1n) is 10.4. The lowest BCUT2D eigenvalue weighted by Crippen LogP contribution is -2.49. The van der Waals surface area contributed by atoms with E-state index in [9.17, 15) is 4.79 Å². The summed E-state index contributed by atoms with van der Waals surface area (Å²) in [5.74, 6) is 2.03. The third kappa shape index (κ3) is 4.60. The van der Waals surface area contributed by atoms with E-state index in [-0.39, 0.29) is 5.91 Å². The molecule has 1 aliphatic rings. The summed E-state index contributed by atoms with van der Waals surface area (Å²) in [5.41, 5.74) is 7.48. The number of nitrogen functional groups attached to an aromatic ring is 1. The Bertz CT molecular complexity index is 1030. The fraction of sp³-hybridized carbons (Fsp3) is 0.364. The van der Waals surface area contributed by atoms with Gasteiger partial charge < -0.3 is 20.3 Å². The number of piperazine rings is 1. The number of hydrogen-bond donors (Lipinski definition) is 1. The first-order chi connectivity index (χ1) is 15.0. The highest BCUT2D eigenvalue weighted by Gasteiger charge is 2.26. The lowest BCUT2D eigenvalue weighted by atomic mass is 10.2. The molecule has 2 N–H and O–H groups in total. The van der Waals surface area contributed by atoms with Crippen LogP contribution in [-0.4, -0.2) is 63.3 Å². The molecule has 0 atom stereocenters. The van der Waals surface area contributed by atoms with E-state index in [2.05, 4.69) is 33.8 Å². The first kappa shape index (κ1) is 20.6. The van der Waals surface area contributed by atoms with E-state index >= 15 is 0 Å². The molecule has 1 amide bonds. The Kier molecular flexibility index (Phi) is 6.01. The SMILES string of the molecule is CC(C)COc1cc(N2CCN(C(=O)c3cnn(-c4ccccc4)c3N)CC2)ncn1. The predicted octanol–water partition coefficient (Wildman–Crippen LogP) is 2.24. The highest BCUT2D eigenvalue weighted by Crippen LogP contribution is 2.21. The zero-order chi connectivity index (χ0) is 21.8. The quantitative estimate of drug-likeness (QED) is 0.651. The Labute approximate surface area is 181 Å². The number of carbonyl (C=O) groups excluding carboxylic acids is 1. The van der Waals surface area contributed by atoms with Gasteiger partial charge in [-0.1, -0.05) is 32.0 Å². The van der Waals surface area contributed by atoms with Gasteiger partial charge in [0.05, 0.1) is 18.5 Å². The largest absolute Gasteiger partial charge is 0.477 e. The number of amides is 1. The number of benzene rings is 1. The van der Waals surface area contributed by atoms with Gasteiger partial charge in [0, 0.05) is 32.2 Å². The van der Waals surface area contributed by atoms with Crippen LogP contribution >= 0.6 is 0 Å². The number of nitrogens with zero attached hydrogens (tertiary/aromatic N) is 6. The van der Waals surface area contributed by atoms with Crippen molar-refractivity contribution < 1.29 is 9.53 Å². The van der Waals surface area contributed by atoms with Crippen LogP contribution in [0.4, 0.5) is 11.6 Å². The molecule has 0 saturated carbocycles. The molecule has 0 radical (unpaired) electrons. The van der Waals surface area contributed by atoms with E-state index in [0.29, 0.717) is 56.0 Å². The zero-order valence-corrected chi connectivity index (χ0v) is 17.8. The monoisotopic (exact) mass is 421 g/mol. The summed E-state index contributed by atoms with van der Waals surface area (Å²) in [7, 11) is 0. The van der Waals surface area contributed by atoms with Crippen molar-refractivity contribution >= 4 is 17.5 Å². The Morgan fingerprint density at radius 2 is 1.87 bits per heavy atom. The van der Waals surface area contributed by atoms with Crippen LogP contribution in [0.25, 0.3) is 5.69 Å². The summed E-state index contributed by atoms with van der Waals surface area (Å²) >= 11 is 0. The van der Waals surface area contributed by atoms with E-state index in [4.69, 9.17) is 10.5 Å². The van der Waals surface area contributed by atoms with Crippen molar-refractivity contribution in [3.05, 3.63) is 54.5 Å². The molecule has 9 nitrogen and oxygen atoms in total. The lowest BCUT2D eigenvalue weighted by Gasteiger charge is -2.35. The van der Waals surface area contributed by atoms with Crippen LogP contribution in [0.15, 0.2) is 48.9 Å². The summed E-state index contributed by atoms with van der Waals surface area (Å²) in [6.07, 6.45) is 3.06. The zero-order valence-electron chi connectivity index (χ0n) is 17.8. The fourth-order valence-corrected chi connectivity index (χ4v) is 3.44. The van der Waals surface area contributed by atoms with Gasteiger partial charge >= 0.3 is 0 Å². The normalized spacial score (nSPS) is 14.2. The van der Waals surface area contributed by atoms with Crippen LogP contribution in [0, 0.1) is 5.92 Å². The fourth-order valence-electron chi connectivity index (χ4n) is 3.44. The number of ether oxygens (including phenoxy) is 1. The van der Waals surface area contributed by atoms with E-state index < -0.39 is 0 Å². The average Bonchev–Trinajstić information content (AvgIpc) is 3.19. The van der Waals surface area contributed by atoms with Gasteiger partial charge in [-0.2, -0.15) is 5.10 Å². The Balaban J connectivity index is 1.40. The summed E-state index contributed by atoms with van der Waals surface area (Å²) in [5, 5.41) is 4.31. The molecule has 162 valence electrons. The van der Waals surface area contributed by atoms with Gasteiger partial charge in [0.1, 0.15) is 23.5 Å². The third-order valence-corrected chi connectivity index (χ3v) is 5.12.